The zero-order valence-corrected chi connectivity index (χ0v) is 10.8. The molecule has 0 radical (unpaired) electrons. The van der Waals surface area contributed by atoms with E-state index in [1.54, 1.807) is 0 Å². The molecule has 0 saturated carbocycles. The maximum absolute atomic E-state index is 3.62. The van der Waals surface area contributed by atoms with Gasteiger partial charge in [-0.15, -0.1) is 0 Å². The zero-order valence-electron chi connectivity index (χ0n) is 9.20. The number of rotatable bonds is 1. The molecule has 2 nitrogen and oxygen atoms in total. The molecule has 2 unspecified atom stereocenters. The number of hydrogen-bond donors (Lipinski definition) is 1. The van der Waals surface area contributed by atoms with Crippen LogP contribution in [0.4, 0.5) is 0 Å². The standard InChI is InChI=1S/C12H17BrN2/c1-9-7-14-8-12(15(9)2)10-5-3-4-6-11(10)13/h3-6,9,12,14H,7-8H2,1-2H3. The largest absolute Gasteiger partial charge is 0.313 e. The normalized spacial score (nSPS) is 27.9. The third-order valence-electron chi connectivity index (χ3n) is 3.23. The molecule has 15 heavy (non-hydrogen) atoms. The summed E-state index contributed by atoms with van der Waals surface area (Å²) >= 11 is 3.62. The van der Waals surface area contributed by atoms with E-state index in [4.69, 9.17) is 0 Å². The molecular formula is C12H17BrN2. The van der Waals surface area contributed by atoms with Gasteiger partial charge in [0.1, 0.15) is 0 Å². The van der Waals surface area contributed by atoms with E-state index in [-0.39, 0.29) is 0 Å². The van der Waals surface area contributed by atoms with E-state index in [1.165, 1.54) is 10.0 Å². The van der Waals surface area contributed by atoms with Gasteiger partial charge in [-0.3, -0.25) is 4.90 Å². The molecule has 0 bridgehead atoms. The van der Waals surface area contributed by atoms with Gasteiger partial charge >= 0.3 is 0 Å². The highest BCUT2D eigenvalue weighted by atomic mass is 79.9. The second kappa shape index (κ2) is 4.64. The highest BCUT2D eigenvalue weighted by molar-refractivity contribution is 9.10. The minimum Gasteiger partial charge on any atom is -0.313 e. The second-order valence-electron chi connectivity index (χ2n) is 4.21. The van der Waals surface area contributed by atoms with Crippen molar-refractivity contribution in [3.63, 3.8) is 0 Å². The molecule has 1 heterocycles. The van der Waals surface area contributed by atoms with Crippen molar-refractivity contribution in [2.45, 2.75) is 19.0 Å². The summed E-state index contributed by atoms with van der Waals surface area (Å²) in [4.78, 5) is 2.44. The monoisotopic (exact) mass is 268 g/mol. The van der Waals surface area contributed by atoms with Gasteiger partial charge < -0.3 is 5.32 Å². The smallest absolute Gasteiger partial charge is 0.0484 e. The van der Waals surface area contributed by atoms with Crippen LogP contribution in [0.2, 0.25) is 0 Å². The number of hydrogen-bond acceptors (Lipinski definition) is 2. The van der Waals surface area contributed by atoms with E-state index >= 15 is 0 Å². The van der Waals surface area contributed by atoms with Crippen molar-refractivity contribution in [2.24, 2.45) is 0 Å². The van der Waals surface area contributed by atoms with Crippen LogP contribution in [0.5, 0.6) is 0 Å². The lowest BCUT2D eigenvalue weighted by Gasteiger charge is -2.39. The predicted molar refractivity (Wildman–Crippen MR) is 67.0 cm³/mol. The van der Waals surface area contributed by atoms with Crippen molar-refractivity contribution in [1.29, 1.82) is 0 Å². The molecule has 0 aliphatic carbocycles. The van der Waals surface area contributed by atoms with Crippen LogP contribution in [-0.4, -0.2) is 31.1 Å². The summed E-state index contributed by atoms with van der Waals surface area (Å²) < 4.78 is 1.21. The third-order valence-corrected chi connectivity index (χ3v) is 3.95. The first-order valence-electron chi connectivity index (χ1n) is 5.37. The van der Waals surface area contributed by atoms with Crippen LogP contribution in [0.1, 0.15) is 18.5 Å². The van der Waals surface area contributed by atoms with Crippen molar-refractivity contribution < 1.29 is 0 Å². The van der Waals surface area contributed by atoms with E-state index in [2.05, 4.69) is 64.4 Å². The molecule has 82 valence electrons. The molecule has 3 heteroatoms. The maximum atomic E-state index is 3.62. The Hall–Kier alpha value is -0.380. The van der Waals surface area contributed by atoms with Crippen molar-refractivity contribution >= 4 is 15.9 Å². The summed E-state index contributed by atoms with van der Waals surface area (Å²) in [5.74, 6) is 0. The van der Waals surface area contributed by atoms with E-state index in [0.29, 0.717) is 12.1 Å². The van der Waals surface area contributed by atoms with Gasteiger partial charge in [0.2, 0.25) is 0 Å². The highest BCUT2D eigenvalue weighted by Gasteiger charge is 2.26. The summed E-state index contributed by atoms with van der Waals surface area (Å²) in [5.41, 5.74) is 1.37. The Kier molecular flexibility index (Phi) is 3.44. The van der Waals surface area contributed by atoms with Gasteiger partial charge in [0, 0.05) is 29.6 Å². The van der Waals surface area contributed by atoms with Crippen molar-refractivity contribution in [2.75, 3.05) is 20.1 Å². The molecule has 2 rings (SSSR count). The number of nitrogens with one attached hydrogen (secondary N) is 1. The fraction of sp³-hybridized carbons (Fsp3) is 0.500. The van der Waals surface area contributed by atoms with E-state index in [0.717, 1.165) is 13.1 Å². The van der Waals surface area contributed by atoms with Crippen LogP contribution in [0.15, 0.2) is 28.7 Å². The van der Waals surface area contributed by atoms with Crippen LogP contribution in [-0.2, 0) is 0 Å². The molecule has 1 aliphatic heterocycles. The van der Waals surface area contributed by atoms with Crippen molar-refractivity contribution in [1.82, 2.24) is 10.2 Å². The molecule has 1 aromatic rings. The summed E-state index contributed by atoms with van der Waals surface area (Å²) in [5, 5.41) is 3.48. The van der Waals surface area contributed by atoms with Crippen LogP contribution >= 0.6 is 15.9 Å². The quantitative estimate of drug-likeness (QED) is 0.842. The Labute approximate surface area is 99.8 Å². The topological polar surface area (TPSA) is 15.3 Å². The molecule has 1 fully saturated rings. The number of nitrogens with zero attached hydrogens (tertiary/aromatic N) is 1. The minimum absolute atomic E-state index is 0.476. The Morgan fingerprint density at radius 1 is 1.33 bits per heavy atom. The Balaban J connectivity index is 2.26. The lowest BCUT2D eigenvalue weighted by Crippen LogP contribution is -2.49. The second-order valence-corrected chi connectivity index (χ2v) is 5.06. The zero-order chi connectivity index (χ0) is 10.8. The summed E-state index contributed by atoms with van der Waals surface area (Å²) in [6.45, 7) is 4.37. The first-order valence-corrected chi connectivity index (χ1v) is 6.16. The number of benzene rings is 1. The SMILES string of the molecule is CC1CNCC(c2ccccc2Br)N1C. The number of piperazine rings is 1. The lowest BCUT2D eigenvalue weighted by molar-refractivity contribution is 0.141. The van der Waals surface area contributed by atoms with Gasteiger partial charge in [0.05, 0.1) is 0 Å². The molecule has 2 atom stereocenters. The molecule has 1 aromatic carbocycles. The summed E-state index contributed by atoms with van der Waals surface area (Å²) in [6, 6.07) is 9.55. The van der Waals surface area contributed by atoms with Gasteiger partial charge in [0.15, 0.2) is 0 Å². The van der Waals surface area contributed by atoms with Gasteiger partial charge in [-0.25, -0.2) is 0 Å². The number of likely N-dealkylation sites (N-methyl/N-ethyl adjacent to an activating group) is 1. The molecular weight excluding hydrogens is 252 g/mol. The molecule has 0 aromatic heterocycles. The predicted octanol–water partition coefficient (Wildman–Crippen LogP) is 2.41. The average Bonchev–Trinajstić information content (AvgIpc) is 2.23. The molecule has 1 saturated heterocycles. The first kappa shape index (κ1) is 11.1. The van der Waals surface area contributed by atoms with Gasteiger partial charge in [-0.05, 0) is 25.6 Å². The van der Waals surface area contributed by atoms with Gasteiger partial charge in [-0.1, -0.05) is 34.1 Å². The first-order chi connectivity index (χ1) is 7.20. The maximum Gasteiger partial charge on any atom is 0.0484 e. The fourth-order valence-corrected chi connectivity index (χ4v) is 2.65. The van der Waals surface area contributed by atoms with E-state index in [9.17, 15) is 0 Å². The molecule has 1 aliphatic rings. The van der Waals surface area contributed by atoms with Crippen LogP contribution < -0.4 is 5.32 Å². The fourth-order valence-electron chi connectivity index (χ4n) is 2.10. The Morgan fingerprint density at radius 3 is 2.80 bits per heavy atom. The van der Waals surface area contributed by atoms with Gasteiger partial charge in [0.25, 0.3) is 0 Å². The molecule has 0 spiro atoms. The van der Waals surface area contributed by atoms with Gasteiger partial charge in [-0.2, -0.15) is 0 Å². The number of halogens is 1. The summed E-state index contributed by atoms with van der Waals surface area (Å²) in [6.07, 6.45) is 0. The van der Waals surface area contributed by atoms with Crippen LogP contribution in [0.25, 0.3) is 0 Å². The minimum atomic E-state index is 0.476. The lowest BCUT2D eigenvalue weighted by atomic mass is 10.0. The molecule has 1 N–H and O–H groups in total. The van der Waals surface area contributed by atoms with Crippen molar-refractivity contribution in [3.05, 3.63) is 34.3 Å². The van der Waals surface area contributed by atoms with E-state index < -0.39 is 0 Å². The Morgan fingerprint density at radius 2 is 2.07 bits per heavy atom. The van der Waals surface area contributed by atoms with Crippen LogP contribution in [0, 0.1) is 0 Å². The van der Waals surface area contributed by atoms with Crippen LogP contribution in [0.3, 0.4) is 0 Å². The highest BCUT2D eigenvalue weighted by Crippen LogP contribution is 2.29. The third kappa shape index (κ3) is 2.25. The average molecular weight is 269 g/mol. The van der Waals surface area contributed by atoms with Crippen molar-refractivity contribution in [3.8, 4) is 0 Å². The van der Waals surface area contributed by atoms with E-state index in [1.807, 2.05) is 0 Å². The summed E-state index contributed by atoms with van der Waals surface area (Å²) in [7, 11) is 2.20. The molecule has 0 amide bonds. The Bertz CT molecular complexity index is 340.